The average molecular weight is 261 g/mol. The summed E-state index contributed by atoms with van der Waals surface area (Å²) in [7, 11) is 0. The van der Waals surface area contributed by atoms with E-state index < -0.39 is 0 Å². The fourth-order valence-electron chi connectivity index (χ4n) is 1.47. The van der Waals surface area contributed by atoms with Crippen molar-refractivity contribution < 1.29 is 9.53 Å². The first-order chi connectivity index (χ1) is 9.06. The maximum Gasteiger partial charge on any atom is 0.319 e. The van der Waals surface area contributed by atoms with Crippen molar-refractivity contribution in [1.82, 2.24) is 5.32 Å². The zero-order valence-electron chi connectivity index (χ0n) is 11.5. The average Bonchev–Trinajstić information content (AvgIpc) is 2.39. The van der Waals surface area contributed by atoms with Crippen molar-refractivity contribution in [2.45, 2.75) is 20.8 Å². The summed E-state index contributed by atoms with van der Waals surface area (Å²) in [4.78, 5) is 11.7. The van der Waals surface area contributed by atoms with E-state index in [4.69, 9.17) is 10.00 Å². The molecule has 5 heteroatoms. The lowest BCUT2D eigenvalue weighted by Crippen LogP contribution is -2.32. The van der Waals surface area contributed by atoms with Crippen LogP contribution in [0.25, 0.3) is 0 Å². The number of ether oxygens (including phenoxy) is 1. The van der Waals surface area contributed by atoms with Crippen molar-refractivity contribution in [3.8, 4) is 11.8 Å². The molecule has 0 fully saturated rings. The van der Waals surface area contributed by atoms with Gasteiger partial charge in [-0.1, -0.05) is 6.07 Å². The predicted molar refractivity (Wildman–Crippen MR) is 74.1 cm³/mol. The smallest absolute Gasteiger partial charge is 0.319 e. The van der Waals surface area contributed by atoms with Crippen molar-refractivity contribution in [2.24, 2.45) is 5.92 Å². The molecule has 0 aromatic heterocycles. The molecule has 5 nitrogen and oxygen atoms in total. The largest absolute Gasteiger partial charge is 0.492 e. The summed E-state index contributed by atoms with van der Waals surface area (Å²) in [6, 6.07) is 7.29. The molecule has 1 unspecified atom stereocenters. The van der Waals surface area contributed by atoms with Crippen LogP contribution in [0.1, 0.15) is 19.4 Å². The van der Waals surface area contributed by atoms with Gasteiger partial charge in [0.1, 0.15) is 5.75 Å². The molecule has 0 saturated heterocycles. The number of amides is 2. The molecule has 0 heterocycles. The second kappa shape index (κ2) is 7.27. The lowest BCUT2D eigenvalue weighted by atomic mass is 10.2. The van der Waals surface area contributed by atoms with Crippen LogP contribution in [0.5, 0.6) is 5.75 Å². The van der Waals surface area contributed by atoms with Gasteiger partial charge in [0.05, 0.1) is 24.3 Å². The Balaban J connectivity index is 2.66. The molecule has 0 aliphatic carbocycles. The Morgan fingerprint density at radius 3 is 2.89 bits per heavy atom. The second-order valence-corrected chi connectivity index (χ2v) is 4.30. The number of rotatable bonds is 5. The summed E-state index contributed by atoms with van der Waals surface area (Å²) < 4.78 is 5.47. The molecule has 0 aliphatic heterocycles. The first-order valence-corrected chi connectivity index (χ1v) is 6.24. The van der Waals surface area contributed by atoms with Crippen molar-refractivity contribution in [2.75, 3.05) is 18.5 Å². The van der Waals surface area contributed by atoms with Crippen molar-refractivity contribution in [1.29, 1.82) is 5.26 Å². The number of hydrogen-bond acceptors (Lipinski definition) is 3. The maximum absolute atomic E-state index is 11.7. The molecular formula is C14H19N3O2. The van der Waals surface area contributed by atoms with Gasteiger partial charge in [-0.15, -0.1) is 0 Å². The Bertz CT molecular complexity index is 480. The van der Waals surface area contributed by atoms with E-state index >= 15 is 0 Å². The zero-order valence-corrected chi connectivity index (χ0v) is 11.5. The lowest BCUT2D eigenvalue weighted by molar-refractivity contribution is 0.251. The summed E-state index contributed by atoms with van der Waals surface area (Å²) in [6.07, 6.45) is 0. The minimum absolute atomic E-state index is 0.213. The highest BCUT2D eigenvalue weighted by atomic mass is 16.5. The Hall–Kier alpha value is -2.22. The van der Waals surface area contributed by atoms with E-state index in [1.54, 1.807) is 13.0 Å². The van der Waals surface area contributed by atoms with Gasteiger partial charge in [-0.3, -0.25) is 0 Å². The number of nitrogens with one attached hydrogen (secondary N) is 2. The van der Waals surface area contributed by atoms with Crippen molar-refractivity contribution in [3.05, 3.63) is 23.8 Å². The number of carbonyl (C=O) groups is 1. The van der Waals surface area contributed by atoms with Crippen LogP contribution in [0.3, 0.4) is 0 Å². The molecule has 0 spiro atoms. The molecule has 1 aromatic carbocycles. The van der Waals surface area contributed by atoms with E-state index in [0.29, 0.717) is 24.6 Å². The van der Waals surface area contributed by atoms with Crippen LogP contribution in [0.2, 0.25) is 0 Å². The molecule has 0 radical (unpaired) electrons. The molecule has 2 N–H and O–H groups in total. The molecule has 0 saturated carbocycles. The molecule has 1 atom stereocenters. The Labute approximate surface area is 113 Å². The molecule has 19 heavy (non-hydrogen) atoms. The molecular weight excluding hydrogens is 242 g/mol. The highest BCUT2D eigenvalue weighted by Gasteiger charge is 2.08. The molecule has 0 bridgehead atoms. The predicted octanol–water partition coefficient (Wildman–Crippen LogP) is 2.67. The third-order valence-electron chi connectivity index (χ3n) is 2.47. The fourth-order valence-corrected chi connectivity index (χ4v) is 1.47. The van der Waals surface area contributed by atoms with Gasteiger partial charge in [0.15, 0.2) is 0 Å². The third-order valence-corrected chi connectivity index (χ3v) is 2.47. The molecule has 1 aromatic rings. The minimum Gasteiger partial charge on any atom is -0.492 e. The van der Waals surface area contributed by atoms with Gasteiger partial charge in [0, 0.05) is 6.54 Å². The minimum atomic E-state index is -0.341. The van der Waals surface area contributed by atoms with Crippen LogP contribution in [-0.2, 0) is 0 Å². The monoisotopic (exact) mass is 261 g/mol. The Kier molecular flexibility index (Phi) is 5.68. The summed E-state index contributed by atoms with van der Waals surface area (Å²) in [5.41, 5.74) is 1.68. The third kappa shape index (κ3) is 4.88. The van der Waals surface area contributed by atoms with E-state index in [1.807, 2.05) is 26.0 Å². The number of anilines is 1. The summed E-state index contributed by atoms with van der Waals surface area (Å²) >= 11 is 0. The number of aryl methyl sites for hydroxylation is 1. The van der Waals surface area contributed by atoms with Gasteiger partial charge in [0.25, 0.3) is 0 Å². The number of urea groups is 1. The Morgan fingerprint density at radius 1 is 1.53 bits per heavy atom. The number of hydrogen-bond donors (Lipinski definition) is 2. The fraction of sp³-hybridized carbons (Fsp3) is 0.429. The van der Waals surface area contributed by atoms with Crippen molar-refractivity contribution in [3.63, 3.8) is 0 Å². The topological polar surface area (TPSA) is 74.2 Å². The van der Waals surface area contributed by atoms with Gasteiger partial charge in [-0.05, 0) is 38.5 Å². The lowest BCUT2D eigenvalue weighted by Gasteiger charge is -2.13. The number of carbonyl (C=O) groups excluding carboxylic acids is 1. The van der Waals surface area contributed by atoms with Crippen LogP contribution >= 0.6 is 0 Å². The Morgan fingerprint density at radius 2 is 2.26 bits per heavy atom. The normalized spacial score (nSPS) is 11.3. The second-order valence-electron chi connectivity index (χ2n) is 4.30. The van der Waals surface area contributed by atoms with Crippen LogP contribution in [0.4, 0.5) is 10.5 Å². The standard InChI is InChI=1S/C14H19N3O2/c1-4-19-13-7-10(2)5-6-12(13)17-14(18)16-9-11(3)8-15/h5-7,11H,4,9H2,1-3H3,(H2,16,17,18). The number of nitriles is 1. The molecule has 1 rings (SSSR count). The summed E-state index contributed by atoms with van der Waals surface area (Å²) in [6.45, 7) is 6.45. The SMILES string of the molecule is CCOc1cc(C)ccc1NC(=O)NCC(C)C#N. The summed E-state index contributed by atoms with van der Waals surface area (Å²) in [5, 5.41) is 14.0. The highest BCUT2D eigenvalue weighted by molar-refractivity contribution is 5.91. The summed E-state index contributed by atoms with van der Waals surface area (Å²) in [5.74, 6) is 0.432. The van der Waals surface area contributed by atoms with E-state index in [9.17, 15) is 4.79 Å². The van der Waals surface area contributed by atoms with Gasteiger partial charge in [-0.2, -0.15) is 5.26 Å². The van der Waals surface area contributed by atoms with Gasteiger partial charge >= 0.3 is 6.03 Å². The van der Waals surface area contributed by atoms with Crippen LogP contribution in [0.15, 0.2) is 18.2 Å². The van der Waals surface area contributed by atoms with Gasteiger partial charge in [0.2, 0.25) is 0 Å². The number of nitrogens with zero attached hydrogens (tertiary/aromatic N) is 1. The zero-order chi connectivity index (χ0) is 14.3. The number of benzene rings is 1. The molecule has 102 valence electrons. The van der Waals surface area contributed by atoms with Gasteiger partial charge in [-0.25, -0.2) is 4.79 Å². The first kappa shape index (κ1) is 14.8. The van der Waals surface area contributed by atoms with E-state index in [1.165, 1.54) is 0 Å². The van der Waals surface area contributed by atoms with E-state index in [-0.39, 0.29) is 11.9 Å². The van der Waals surface area contributed by atoms with Crippen LogP contribution in [-0.4, -0.2) is 19.2 Å². The van der Waals surface area contributed by atoms with Crippen LogP contribution in [0, 0.1) is 24.2 Å². The first-order valence-electron chi connectivity index (χ1n) is 6.24. The van der Waals surface area contributed by atoms with E-state index in [0.717, 1.165) is 5.56 Å². The van der Waals surface area contributed by atoms with Crippen LogP contribution < -0.4 is 15.4 Å². The maximum atomic E-state index is 11.7. The highest BCUT2D eigenvalue weighted by Crippen LogP contribution is 2.25. The van der Waals surface area contributed by atoms with Crippen molar-refractivity contribution >= 4 is 11.7 Å². The van der Waals surface area contributed by atoms with E-state index in [2.05, 4.69) is 16.7 Å². The molecule has 2 amide bonds. The van der Waals surface area contributed by atoms with Gasteiger partial charge < -0.3 is 15.4 Å². The molecule has 0 aliphatic rings. The quantitative estimate of drug-likeness (QED) is 0.855.